The van der Waals surface area contributed by atoms with Crippen molar-refractivity contribution >= 4 is 5.91 Å². The first kappa shape index (κ1) is 12.7. The summed E-state index contributed by atoms with van der Waals surface area (Å²) in [5.41, 5.74) is 0.341. The molecule has 1 amide bonds. The van der Waals surface area contributed by atoms with Gasteiger partial charge in [0.1, 0.15) is 11.5 Å². The number of amides is 1. The Morgan fingerprint density at radius 2 is 1.89 bits per heavy atom. The highest BCUT2D eigenvalue weighted by atomic mass is 16.3. The van der Waals surface area contributed by atoms with E-state index in [9.17, 15) is 15.0 Å². The standard InChI is InChI=1S/C14H19NO3/c1-2-15(9-10-4-3-5-10)14(18)11-6-12(16)8-13(17)7-11/h6-8,10,16-17H,2-5,9H2,1H3. The van der Waals surface area contributed by atoms with Crippen LogP contribution in [0, 0.1) is 5.92 Å². The molecule has 2 N–H and O–H groups in total. The summed E-state index contributed by atoms with van der Waals surface area (Å²) in [5, 5.41) is 18.8. The van der Waals surface area contributed by atoms with Crippen LogP contribution in [0.1, 0.15) is 36.5 Å². The third-order valence-corrected chi connectivity index (χ3v) is 3.52. The van der Waals surface area contributed by atoms with Crippen LogP contribution in [0.4, 0.5) is 0 Å². The van der Waals surface area contributed by atoms with Gasteiger partial charge < -0.3 is 15.1 Å². The van der Waals surface area contributed by atoms with E-state index in [0.29, 0.717) is 18.0 Å². The zero-order valence-electron chi connectivity index (χ0n) is 10.6. The molecule has 0 unspecified atom stereocenters. The van der Waals surface area contributed by atoms with Crippen molar-refractivity contribution in [3.8, 4) is 11.5 Å². The van der Waals surface area contributed by atoms with E-state index in [1.807, 2.05) is 6.92 Å². The van der Waals surface area contributed by atoms with E-state index in [4.69, 9.17) is 0 Å². The molecule has 1 aliphatic carbocycles. The number of nitrogens with zero attached hydrogens (tertiary/aromatic N) is 1. The van der Waals surface area contributed by atoms with Crippen LogP contribution < -0.4 is 0 Å². The third kappa shape index (κ3) is 2.75. The summed E-state index contributed by atoms with van der Waals surface area (Å²) in [6, 6.07) is 4.01. The maximum Gasteiger partial charge on any atom is 0.254 e. The number of hydrogen-bond acceptors (Lipinski definition) is 3. The number of phenolic OH excluding ortho intramolecular Hbond substituents is 2. The molecule has 0 saturated heterocycles. The Morgan fingerprint density at radius 3 is 2.33 bits per heavy atom. The Bertz CT molecular complexity index is 420. The maximum absolute atomic E-state index is 12.3. The van der Waals surface area contributed by atoms with Gasteiger partial charge in [-0.3, -0.25) is 4.79 Å². The van der Waals surface area contributed by atoms with Gasteiger partial charge in [0.25, 0.3) is 5.91 Å². The highest BCUT2D eigenvalue weighted by Crippen LogP contribution is 2.28. The lowest BCUT2D eigenvalue weighted by molar-refractivity contribution is 0.0705. The predicted octanol–water partition coefficient (Wildman–Crippen LogP) is 2.36. The van der Waals surface area contributed by atoms with Gasteiger partial charge in [-0.2, -0.15) is 0 Å². The molecule has 1 fully saturated rings. The average molecular weight is 249 g/mol. The van der Waals surface area contributed by atoms with Crippen LogP contribution in [-0.4, -0.2) is 34.1 Å². The first-order valence-corrected chi connectivity index (χ1v) is 6.42. The van der Waals surface area contributed by atoms with E-state index in [1.54, 1.807) is 4.90 Å². The smallest absolute Gasteiger partial charge is 0.254 e. The Balaban J connectivity index is 2.11. The number of carbonyl (C=O) groups is 1. The summed E-state index contributed by atoms with van der Waals surface area (Å²) >= 11 is 0. The Labute approximate surface area is 107 Å². The summed E-state index contributed by atoms with van der Waals surface area (Å²) in [6.07, 6.45) is 3.63. The lowest BCUT2D eigenvalue weighted by Crippen LogP contribution is -2.37. The molecule has 0 radical (unpaired) electrons. The fourth-order valence-corrected chi connectivity index (χ4v) is 2.24. The molecular formula is C14H19NO3. The van der Waals surface area contributed by atoms with Crippen molar-refractivity contribution in [2.45, 2.75) is 26.2 Å². The van der Waals surface area contributed by atoms with E-state index < -0.39 is 0 Å². The normalized spacial score (nSPS) is 15.2. The molecule has 1 saturated carbocycles. The monoisotopic (exact) mass is 249 g/mol. The lowest BCUT2D eigenvalue weighted by Gasteiger charge is -2.31. The SMILES string of the molecule is CCN(CC1CCC1)C(=O)c1cc(O)cc(O)c1. The van der Waals surface area contributed by atoms with Gasteiger partial charge in [0, 0.05) is 24.7 Å². The van der Waals surface area contributed by atoms with E-state index in [2.05, 4.69) is 0 Å². The fraction of sp³-hybridized carbons (Fsp3) is 0.500. The molecule has 4 nitrogen and oxygen atoms in total. The fourth-order valence-electron chi connectivity index (χ4n) is 2.24. The summed E-state index contributed by atoms with van der Waals surface area (Å²) < 4.78 is 0. The minimum Gasteiger partial charge on any atom is -0.508 e. The van der Waals surface area contributed by atoms with Crippen molar-refractivity contribution in [2.75, 3.05) is 13.1 Å². The third-order valence-electron chi connectivity index (χ3n) is 3.52. The molecule has 0 aliphatic heterocycles. The average Bonchev–Trinajstić information content (AvgIpc) is 2.26. The van der Waals surface area contributed by atoms with Gasteiger partial charge in [-0.25, -0.2) is 0 Å². The van der Waals surface area contributed by atoms with Crippen LogP contribution >= 0.6 is 0 Å². The Kier molecular flexibility index (Phi) is 3.75. The van der Waals surface area contributed by atoms with Gasteiger partial charge in [0.2, 0.25) is 0 Å². The molecular weight excluding hydrogens is 230 g/mol. The van der Waals surface area contributed by atoms with Gasteiger partial charge >= 0.3 is 0 Å². The number of aromatic hydroxyl groups is 2. The summed E-state index contributed by atoms with van der Waals surface area (Å²) in [4.78, 5) is 14.0. The molecule has 1 aromatic rings. The van der Waals surface area contributed by atoms with Crippen molar-refractivity contribution in [1.29, 1.82) is 0 Å². The molecule has 0 atom stereocenters. The quantitative estimate of drug-likeness (QED) is 0.861. The molecule has 18 heavy (non-hydrogen) atoms. The Hall–Kier alpha value is -1.71. The van der Waals surface area contributed by atoms with Crippen LogP contribution in [0.5, 0.6) is 11.5 Å². The van der Waals surface area contributed by atoms with Crippen molar-refractivity contribution in [2.24, 2.45) is 5.92 Å². The van der Waals surface area contributed by atoms with Gasteiger partial charge in [-0.1, -0.05) is 6.42 Å². The second-order valence-electron chi connectivity index (χ2n) is 4.88. The second kappa shape index (κ2) is 5.29. The van der Waals surface area contributed by atoms with Crippen molar-refractivity contribution in [3.05, 3.63) is 23.8 Å². The van der Waals surface area contributed by atoms with Crippen LogP contribution in [0.3, 0.4) is 0 Å². The van der Waals surface area contributed by atoms with Gasteiger partial charge in [-0.05, 0) is 37.8 Å². The molecule has 0 spiro atoms. The van der Waals surface area contributed by atoms with E-state index in [1.165, 1.54) is 37.5 Å². The number of hydrogen-bond donors (Lipinski definition) is 2. The highest BCUT2D eigenvalue weighted by Gasteiger charge is 2.23. The zero-order valence-corrected chi connectivity index (χ0v) is 10.6. The minimum atomic E-state index is -0.129. The van der Waals surface area contributed by atoms with E-state index in [-0.39, 0.29) is 17.4 Å². The van der Waals surface area contributed by atoms with Gasteiger partial charge in [0.15, 0.2) is 0 Å². The van der Waals surface area contributed by atoms with Crippen LogP contribution in [-0.2, 0) is 0 Å². The summed E-state index contributed by atoms with van der Waals surface area (Å²) in [6.45, 7) is 3.36. The van der Waals surface area contributed by atoms with E-state index >= 15 is 0 Å². The van der Waals surface area contributed by atoms with Gasteiger partial charge in [-0.15, -0.1) is 0 Å². The van der Waals surface area contributed by atoms with Crippen molar-refractivity contribution in [3.63, 3.8) is 0 Å². The number of benzene rings is 1. The summed E-state index contributed by atoms with van der Waals surface area (Å²) in [5.74, 6) is 0.312. The molecule has 0 aromatic heterocycles. The first-order valence-electron chi connectivity index (χ1n) is 6.42. The topological polar surface area (TPSA) is 60.8 Å². The molecule has 98 valence electrons. The second-order valence-corrected chi connectivity index (χ2v) is 4.88. The number of phenols is 2. The molecule has 1 aromatic carbocycles. The van der Waals surface area contributed by atoms with Crippen LogP contribution in [0.2, 0.25) is 0 Å². The van der Waals surface area contributed by atoms with Crippen molar-refractivity contribution < 1.29 is 15.0 Å². The maximum atomic E-state index is 12.3. The van der Waals surface area contributed by atoms with Crippen molar-refractivity contribution in [1.82, 2.24) is 4.90 Å². The van der Waals surface area contributed by atoms with Crippen LogP contribution in [0.15, 0.2) is 18.2 Å². The number of carbonyl (C=O) groups excluding carboxylic acids is 1. The molecule has 0 bridgehead atoms. The molecule has 0 heterocycles. The van der Waals surface area contributed by atoms with Crippen LogP contribution in [0.25, 0.3) is 0 Å². The highest BCUT2D eigenvalue weighted by molar-refractivity contribution is 5.95. The molecule has 1 aliphatic rings. The lowest BCUT2D eigenvalue weighted by atomic mass is 9.85. The Morgan fingerprint density at radius 1 is 1.28 bits per heavy atom. The van der Waals surface area contributed by atoms with E-state index in [0.717, 1.165) is 6.54 Å². The van der Waals surface area contributed by atoms with Gasteiger partial charge in [0.05, 0.1) is 0 Å². The molecule has 2 rings (SSSR count). The summed E-state index contributed by atoms with van der Waals surface area (Å²) in [7, 11) is 0. The first-order chi connectivity index (χ1) is 8.60. The largest absolute Gasteiger partial charge is 0.508 e. The molecule has 4 heteroatoms. The number of rotatable bonds is 4. The zero-order chi connectivity index (χ0) is 13.1. The predicted molar refractivity (Wildman–Crippen MR) is 68.7 cm³/mol. The minimum absolute atomic E-state index is 0.0851.